The molecule has 0 saturated carbocycles. The summed E-state index contributed by atoms with van der Waals surface area (Å²) in [7, 11) is -1.57. The first kappa shape index (κ1) is 17.6. The van der Waals surface area contributed by atoms with Gasteiger partial charge in [-0.2, -0.15) is 11.8 Å². The minimum Gasteiger partial charge on any atom is -0.352 e. The van der Waals surface area contributed by atoms with Crippen molar-refractivity contribution in [2.75, 3.05) is 18.6 Å². The fourth-order valence-corrected chi connectivity index (χ4v) is 4.12. The molecular formula is C13H25N3O2S2. The molecule has 1 aromatic rings. The minimum atomic E-state index is -3.43. The molecule has 116 valence electrons. The molecule has 0 bridgehead atoms. The van der Waals surface area contributed by atoms with E-state index < -0.39 is 10.0 Å². The summed E-state index contributed by atoms with van der Waals surface area (Å²) in [5, 5.41) is 3.20. The van der Waals surface area contributed by atoms with Gasteiger partial charge in [0.2, 0.25) is 10.0 Å². The second kappa shape index (κ2) is 8.07. The van der Waals surface area contributed by atoms with E-state index in [2.05, 4.69) is 10.0 Å². The van der Waals surface area contributed by atoms with Crippen LogP contribution < -0.4 is 10.0 Å². The summed E-state index contributed by atoms with van der Waals surface area (Å²) in [6.45, 7) is 5.54. The lowest BCUT2D eigenvalue weighted by atomic mass is 10.3. The smallest absolute Gasteiger partial charge is 0.242 e. The van der Waals surface area contributed by atoms with E-state index in [9.17, 15) is 8.42 Å². The van der Waals surface area contributed by atoms with E-state index in [1.807, 2.05) is 31.7 Å². The highest BCUT2D eigenvalue weighted by molar-refractivity contribution is 7.98. The normalized spacial score (nSPS) is 13.6. The summed E-state index contributed by atoms with van der Waals surface area (Å²) in [4.78, 5) is 0.340. The van der Waals surface area contributed by atoms with Crippen molar-refractivity contribution in [3.63, 3.8) is 0 Å². The van der Waals surface area contributed by atoms with Crippen molar-refractivity contribution >= 4 is 21.8 Å². The van der Waals surface area contributed by atoms with Crippen LogP contribution in [0.15, 0.2) is 17.2 Å². The van der Waals surface area contributed by atoms with Crippen molar-refractivity contribution in [2.45, 2.75) is 37.8 Å². The Balaban J connectivity index is 2.86. The number of aryl methyl sites for hydroxylation is 1. The maximum atomic E-state index is 12.4. The van der Waals surface area contributed by atoms with Crippen molar-refractivity contribution < 1.29 is 8.42 Å². The molecule has 20 heavy (non-hydrogen) atoms. The number of hydrogen-bond acceptors (Lipinski definition) is 4. The van der Waals surface area contributed by atoms with Gasteiger partial charge in [0, 0.05) is 37.3 Å². The molecule has 0 saturated heterocycles. The second-order valence-corrected chi connectivity index (χ2v) is 7.36. The number of nitrogens with zero attached hydrogens (tertiary/aromatic N) is 1. The Morgan fingerprint density at radius 3 is 2.65 bits per heavy atom. The van der Waals surface area contributed by atoms with Crippen molar-refractivity contribution in [3.8, 4) is 0 Å². The number of thioether (sulfide) groups is 1. The van der Waals surface area contributed by atoms with Gasteiger partial charge in [-0.15, -0.1) is 0 Å². The van der Waals surface area contributed by atoms with E-state index in [1.54, 1.807) is 24.0 Å². The Labute approximate surface area is 126 Å². The highest BCUT2D eigenvalue weighted by Crippen LogP contribution is 2.15. The zero-order valence-electron chi connectivity index (χ0n) is 12.6. The highest BCUT2D eigenvalue weighted by atomic mass is 32.2. The zero-order valence-corrected chi connectivity index (χ0v) is 14.3. The van der Waals surface area contributed by atoms with Crippen LogP contribution in [-0.4, -0.2) is 37.6 Å². The Hall–Kier alpha value is -0.500. The predicted octanol–water partition coefficient (Wildman–Crippen LogP) is 1.55. The molecule has 1 heterocycles. The van der Waals surface area contributed by atoms with Gasteiger partial charge < -0.3 is 9.88 Å². The van der Waals surface area contributed by atoms with Crippen molar-refractivity contribution in [3.05, 3.63) is 18.0 Å². The summed E-state index contributed by atoms with van der Waals surface area (Å²) in [5.41, 5.74) is 0.963. The quantitative estimate of drug-likeness (QED) is 0.725. The summed E-state index contributed by atoms with van der Waals surface area (Å²) in [6, 6.07) is 1.71. The molecule has 1 unspecified atom stereocenters. The van der Waals surface area contributed by atoms with E-state index in [0.29, 0.717) is 11.4 Å². The van der Waals surface area contributed by atoms with Gasteiger partial charge in [0.15, 0.2) is 0 Å². The third-order valence-corrected chi connectivity index (χ3v) is 5.35. The van der Waals surface area contributed by atoms with Gasteiger partial charge in [0.25, 0.3) is 0 Å². The highest BCUT2D eigenvalue weighted by Gasteiger charge is 2.21. The molecule has 0 aliphatic rings. The minimum absolute atomic E-state index is 0.0209. The Morgan fingerprint density at radius 2 is 2.10 bits per heavy atom. The molecule has 0 radical (unpaired) electrons. The van der Waals surface area contributed by atoms with Crippen LogP contribution in [0.25, 0.3) is 0 Å². The van der Waals surface area contributed by atoms with Crippen LogP contribution in [0.3, 0.4) is 0 Å². The summed E-state index contributed by atoms with van der Waals surface area (Å²) in [6.07, 6.45) is 4.44. The van der Waals surface area contributed by atoms with Gasteiger partial charge in [-0.1, -0.05) is 13.8 Å². The SMILES string of the molecule is CCNCc1cc(S(=O)(=O)NC(CC)CSC)cn1C. The van der Waals surface area contributed by atoms with Crippen LogP contribution in [0, 0.1) is 0 Å². The molecule has 0 amide bonds. The third kappa shape index (κ3) is 4.80. The molecule has 0 spiro atoms. The summed E-state index contributed by atoms with van der Waals surface area (Å²) in [5.74, 6) is 0.785. The first-order valence-corrected chi connectivity index (χ1v) is 9.69. The topological polar surface area (TPSA) is 63.1 Å². The molecule has 5 nitrogen and oxygen atoms in total. The van der Waals surface area contributed by atoms with Gasteiger partial charge in [-0.3, -0.25) is 0 Å². The van der Waals surface area contributed by atoms with Gasteiger partial charge in [-0.05, 0) is 25.3 Å². The number of rotatable bonds is 9. The fourth-order valence-electron chi connectivity index (χ4n) is 1.88. The standard InChI is InChI=1S/C13H25N3O2S2/c1-5-11(10-19-4)15-20(17,18)13-7-12(8-14-6-2)16(3)9-13/h7,9,11,14-15H,5-6,8,10H2,1-4H3. The van der Waals surface area contributed by atoms with Crippen LogP contribution in [0.4, 0.5) is 0 Å². The molecule has 7 heteroatoms. The fraction of sp³-hybridized carbons (Fsp3) is 0.692. The van der Waals surface area contributed by atoms with Crippen molar-refractivity contribution in [2.24, 2.45) is 7.05 Å². The average molecular weight is 319 g/mol. The van der Waals surface area contributed by atoms with Crippen molar-refractivity contribution in [1.29, 1.82) is 0 Å². The van der Waals surface area contributed by atoms with E-state index in [-0.39, 0.29) is 6.04 Å². The molecule has 1 atom stereocenters. The van der Waals surface area contributed by atoms with E-state index >= 15 is 0 Å². The van der Waals surface area contributed by atoms with Gasteiger partial charge in [-0.25, -0.2) is 13.1 Å². The van der Waals surface area contributed by atoms with Crippen LogP contribution in [0.1, 0.15) is 26.0 Å². The van der Waals surface area contributed by atoms with Crippen LogP contribution in [-0.2, 0) is 23.6 Å². The first-order chi connectivity index (χ1) is 9.44. The predicted molar refractivity (Wildman–Crippen MR) is 85.6 cm³/mol. The molecular weight excluding hydrogens is 294 g/mol. The van der Waals surface area contributed by atoms with Gasteiger partial charge >= 0.3 is 0 Å². The lowest BCUT2D eigenvalue weighted by Gasteiger charge is -2.15. The van der Waals surface area contributed by atoms with Crippen molar-refractivity contribution in [1.82, 2.24) is 14.6 Å². The Morgan fingerprint density at radius 1 is 1.40 bits per heavy atom. The zero-order chi connectivity index (χ0) is 15.2. The molecule has 0 aliphatic carbocycles. The van der Waals surface area contributed by atoms with E-state index in [0.717, 1.165) is 24.4 Å². The first-order valence-electron chi connectivity index (χ1n) is 6.81. The summed E-state index contributed by atoms with van der Waals surface area (Å²) >= 11 is 1.65. The Bertz CT molecular complexity index is 512. The number of sulfonamides is 1. The van der Waals surface area contributed by atoms with Crippen LogP contribution in [0.5, 0.6) is 0 Å². The number of aromatic nitrogens is 1. The maximum Gasteiger partial charge on any atom is 0.242 e. The Kier molecular flexibility index (Phi) is 7.08. The molecule has 1 rings (SSSR count). The molecule has 0 aliphatic heterocycles. The lowest BCUT2D eigenvalue weighted by Crippen LogP contribution is -2.35. The lowest BCUT2D eigenvalue weighted by molar-refractivity contribution is 0.558. The van der Waals surface area contributed by atoms with E-state index in [4.69, 9.17) is 0 Å². The summed E-state index contributed by atoms with van der Waals surface area (Å²) < 4.78 is 29.4. The van der Waals surface area contributed by atoms with Gasteiger partial charge in [0.1, 0.15) is 0 Å². The third-order valence-electron chi connectivity index (χ3n) is 3.13. The largest absolute Gasteiger partial charge is 0.352 e. The number of nitrogens with one attached hydrogen (secondary N) is 2. The van der Waals surface area contributed by atoms with Crippen LogP contribution in [0.2, 0.25) is 0 Å². The molecule has 1 aromatic heterocycles. The maximum absolute atomic E-state index is 12.4. The monoisotopic (exact) mass is 319 g/mol. The molecule has 0 fully saturated rings. The van der Waals surface area contributed by atoms with E-state index in [1.165, 1.54) is 0 Å². The van der Waals surface area contributed by atoms with Gasteiger partial charge in [0.05, 0.1) is 4.90 Å². The number of hydrogen-bond donors (Lipinski definition) is 2. The molecule has 0 aromatic carbocycles. The van der Waals surface area contributed by atoms with Crippen LogP contribution >= 0.6 is 11.8 Å². The molecule has 2 N–H and O–H groups in total. The second-order valence-electron chi connectivity index (χ2n) is 4.74. The average Bonchev–Trinajstić information content (AvgIpc) is 2.78.